The molecule has 9 nitrogen and oxygen atoms in total. The van der Waals surface area contributed by atoms with E-state index in [9.17, 15) is 12.8 Å². The molecule has 4 aromatic rings. The number of hydrogen-bond donors (Lipinski definition) is 1. The maximum atomic E-state index is 13.5. The van der Waals surface area contributed by atoms with Gasteiger partial charge in [-0.1, -0.05) is 23.7 Å². The molecule has 0 saturated heterocycles. The van der Waals surface area contributed by atoms with Crippen LogP contribution in [0.2, 0.25) is 5.02 Å². The molecule has 2 atom stereocenters. The fourth-order valence-corrected chi connectivity index (χ4v) is 5.54. The van der Waals surface area contributed by atoms with Crippen molar-refractivity contribution >= 4 is 43.8 Å². The Balaban J connectivity index is 1.43. The van der Waals surface area contributed by atoms with Crippen molar-refractivity contribution in [3.8, 4) is 11.5 Å². The molecule has 0 saturated carbocycles. The summed E-state index contributed by atoms with van der Waals surface area (Å²) in [5.74, 6) is 1.08. The fourth-order valence-electron chi connectivity index (χ4n) is 4.91. The maximum absolute atomic E-state index is 13.5. The van der Waals surface area contributed by atoms with Crippen LogP contribution in [-0.2, 0) is 31.5 Å². The van der Waals surface area contributed by atoms with Crippen LogP contribution in [0.4, 0.5) is 15.9 Å². The zero-order chi connectivity index (χ0) is 30.6. The first-order valence-corrected chi connectivity index (χ1v) is 15.9. The molecule has 1 aliphatic heterocycles. The highest BCUT2D eigenvalue weighted by Crippen LogP contribution is 2.45. The lowest BCUT2D eigenvalue weighted by molar-refractivity contribution is -0.0973. The molecule has 0 spiro atoms. The summed E-state index contributed by atoms with van der Waals surface area (Å²) in [5.41, 5.74) is 1.72. The minimum absolute atomic E-state index is 0.0274. The van der Waals surface area contributed by atoms with Crippen molar-refractivity contribution in [3.05, 3.63) is 95.2 Å². The Hall–Kier alpha value is -3.93. The van der Waals surface area contributed by atoms with Crippen LogP contribution in [0.1, 0.15) is 24.5 Å². The Kier molecular flexibility index (Phi) is 9.05. The predicted molar refractivity (Wildman–Crippen MR) is 163 cm³/mol. The summed E-state index contributed by atoms with van der Waals surface area (Å²) in [6.07, 6.45) is 6.09. The van der Waals surface area contributed by atoms with E-state index in [1.807, 2.05) is 19.1 Å². The molecule has 0 amide bonds. The average molecular weight is 628 g/mol. The lowest BCUT2D eigenvalue weighted by atomic mass is 9.85. The van der Waals surface area contributed by atoms with Gasteiger partial charge in [-0.2, -0.15) is 0 Å². The molecule has 0 fully saturated rings. The van der Waals surface area contributed by atoms with Crippen molar-refractivity contribution in [2.75, 3.05) is 31.0 Å². The molecule has 1 N–H and O–H groups in total. The minimum Gasteiger partial charge on any atom is -0.496 e. The Morgan fingerprint density at radius 2 is 1.98 bits per heavy atom. The molecule has 12 heteroatoms. The van der Waals surface area contributed by atoms with Crippen molar-refractivity contribution in [2.45, 2.75) is 31.7 Å². The van der Waals surface area contributed by atoms with Gasteiger partial charge in [0.25, 0.3) is 0 Å². The summed E-state index contributed by atoms with van der Waals surface area (Å²) < 4.78 is 60.5. The van der Waals surface area contributed by atoms with Crippen LogP contribution in [0.25, 0.3) is 10.9 Å². The molecular formula is C31H31ClFN3O6S. The zero-order valence-electron chi connectivity index (χ0n) is 23.8. The van der Waals surface area contributed by atoms with Crippen molar-refractivity contribution in [1.29, 1.82) is 0 Å². The van der Waals surface area contributed by atoms with Crippen molar-refractivity contribution < 1.29 is 31.8 Å². The number of anilines is 2. The SMILES string of the molecule is COc1cc2ncnc(Nc3ccc(OCc4cccc(F)c4)c(Cl)c3)c2cc1C1(C(C)OCCS(C)(=O)=O)CC=CO1. The Bertz CT molecular complexity index is 1760. The third kappa shape index (κ3) is 7.01. The van der Waals surface area contributed by atoms with Crippen LogP contribution >= 0.6 is 11.6 Å². The monoisotopic (exact) mass is 627 g/mol. The standard InChI is InChI=1S/C31H31ClFN3O6S/c1-20(40-12-13-43(3,37)38)31(10-5-11-42-31)25-16-24-27(17-29(25)39-2)34-19-35-30(24)36-23-8-9-28(26(32)15-23)41-18-21-6-4-7-22(33)14-21/h4-9,11,14-17,19-20H,10,12-13,18H2,1-3H3,(H,34,35,36). The van der Waals surface area contributed by atoms with Gasteiger partial charge in [0, 0.05) is 35.4 Å². The molecule has 0 radical (unpaired) electrons. The van der Waals surface area contributed by atoms with E-state index in [0.29, 0.717) is 56.5 Å². The van der Waals surface area contributed by atoms with Crippen molar-refractivity contribution in [2.24, 2.45) is 0 Å². The molecule has 0 bridgehead atoms. The summed E-state index contributed by atoms with van der Waals surface area (Å²) in [4.78, 5) is 8.92. The number of benzene rings is 3. The minimum atomic E-state index is -3.19. The smallest absolute Gasteiger partial charge is 0.166 e. The third-order valence-electron chi connectivity index (χ3n) is 7.16. The van der Waals surface area contributed by atoms with Gasteiger partial charge in [0.2, 0.25) is 0 Å². The maximum Gasteiger partial charge on any atom is 0.166 e. The van der Waals surface area contributed by atoms with Gasteiger partial charge in [-0.25, -0.2) is 22.8 Å². The molecule has 43 heavy (non-hydrogen) atoms. The van der Waals surface area contributed by atoms with E-state index in [2.05, 4.69) is 15.3 Å². The Morgan fingerprint density at radius 3 is 2.67 bits per heavy atom. The number of ether oxygens (including phenoxy) is 4. The largest absolute Gasteiger partial charge is 0.496 e. The quantitative estimate of drug-likeness (QED) is 0.193. The highest BCUT2D eigenvalue weighted by molar-refractivity contribution is 7.90. The summed E-state index contributed by atoms with van der Waals surface area (Å²) in [5, 5.41) is 4.37. The molecule has 3 aromatic carbocycles. The average Bonchev–Trinajstić information content (AvgIpc) is 3.47. The van der Waals surface area contributed by atoms with E-state index in [1.165, 1.54) is 24.7 Å². The number of halogens is 2. The lowest BCUT2D eigenvalue weighted by Crippen LogP contribution is -2.40. The molecule has 226 valence electrons. The topological polar surface area (TPSA) is 109 Å². The highest BCUT2D eigenvalue weighted by atomic mass is 35.5. The van der Waals surface area contributed by atoms with E-state index in [4.69, 9.17) is 30.5 Å². The number of aromatic nitrogens is 2. The van der Waals surface area contributed by atoms with E-state index >= 15 is 0 Å². The molecule has 5 rings (SSSR count). The molecular weight excluding hydrogens is 597 g/mol. The number of hydrogen-bond acceptors (Lipinski definition) is 9. The third-order valence-corrected chi connectivity index (χ3v) is 8.37. The number of fused-ring (bicyclic) bond motifs is 1. The Morgan fingerprint density at radius 1 is 1.14 bits per heavy atom. The molecule has 1 aliphatic rings. The second-order valence-corrected chi connectivity index (χ2v) is 12.9. The van der Waals surface area contributed by atoms with E-state index in [1.54, 1.807) is 49.8 Å². The van der Waals surface area contributed by atoms with Gasteiger partial charge < -0.3 is 24.3 Å². The molecule has 2 unspecified atom stereocenters. The van der Waals surface area contributed by atoms with Gasteiger partial charge in [-0.3, -0.25) is 0 Å². The van der Waals surface area contributed by atoms with Crippen LogP contribution in [-0.4, -0.2) is 50.2 Å². The first-order valence-electron chi connectivity index (χ1n) is 13.5. The van der Waals surface area contributed by atoms with E-state index in [-0.39, 0.29) is 24.8 Å². The number of sulfone groups is 1. The van der Waals surface area contributed by atoms with Crippen molar-refractivity contribution in [1.82, 2.24) is 9.97 Å². The predicted octanol–water partition coefficient (Wildman–Crippen LogP) is 6.33. The van der Waals surface area contributed by atoms with Gasteiger partial charge in [0.15, 0.2) is 5.60 Å². The van der Waals surface area contributed by atoms with Crippen LogP contribution in [0.5, 0.6) is 11.5 Å². The second-order valence-electron chi connectivity index (χ2n) is 10.2. The summed E-state index contributed by atoms with van der Waals surface area (Å²) >= 11 is 6.52. The van der Waals surface area contributed by atoms with Crippen LogP contribution in [0.15, 0.2) is 73.3 Å². The van der Waals surface area contributed by atoms with Crippen molar-refractivity contribution in [3.63, 3.8) is 0 Å². The van der Waals surface area contributed by atoms with Gasteiger partial charge >= 0.3 is 0 Å². The number of nitrogens with one attached hydrogen (secondary N) is 1. The first kappa shape index (κ1) is 30.5. The lowest BCUT2D eigenvalue weighted by Gasteiger charge is -2.36. The van der Waals surface area contributed by atoms with Crippen LogP contribution < -0.4 is 14.8 Å². The number of methoxy groups -OCH3 is 1. The summed E-state index contributed by atoms with van der Waals surface area (Å²) in [6, 6.07) is 15.1. The Labute approximate surface area is 254 Å². The fraction of sp³-hybridized carbons (Fsp3) is 0.290. The molecule has 2 heterocycles. The molecule has 0 aliphatic carbocycles. The second kappa shape index (κ2) is 12.7. The van der Waals surface area contributed by atoms with Gasteiger partial charge in [0.1, 0.15) is 45.9 Å². The first-order chi connectivity index (χ1) is 20.6. The van der Waals surface area contributed by atoms with Crippen LogP contribution in [0, 0.1) is 5.82 Å². The van der Waals surface area contributed by atoms with Crippen LogP contribution in [0.3, 0.4) is 0 Å². The van der Waals surface area contributed by atoms with Gasteiger partial charge in [0.05, 0.1) is 42.4 Å². The summed E-state index contributed by atoms with van der Waals surface area (Å²) in [6.45, 7) is 2.04. The van der Waals surface area contributed by atoms with Gasteiger partial charge in [-0.05, 0) is 55.0 Å². The van der Waals surface area contributed by atoms with E-state index < -0.39 is 21.5 Å². The molecule has 1 aromatic heterocycles. The zero-order valence-corrected chi connectivity index (χ0v) is 25.4. The highest BCUT2D eigenvalue weighted by Gasteiger charge is 2.44. The normalized spacial score (nSPS) is 17.0. The number of rotatable bonds is 12. The number of nitrogens with zero attached hydrogens (tertiary/aromatic N) is 2. The summed E-state index contributed by atoms with van der Waals surface area (Å²) in [7, 11) is -1.62. The van der Waals surface area contributed by atoms with E-state index in [0.717, 1.165) is 0 Å². The van der Waals surface area contributed by atoms with Gasteiger partial charge in [-0.15, -0.1) is 0 Å².